The van der Waals surface area contributed by atoms with Crippen LogP contribution in [0.4, 0.5) is 5.69 Å². The standard InChI is InChI=1S/C30H22N2O3/c1-18-9-2-7-16-25(18)32-27(23-17-31-24-15-6-5-13-21(23)24)26(29(34)30(32)35)28(33)22-14-8-11-19-10-3-4-12-20(19)22/h2-17,27,31,33H,1H3/b28-26+. The third-order valence-electron chi connectivity index (χ3n) is 6.78. The fraction of sp³-hybridized carbons (Fsp3) is 0.0667. The average molecular weight is 459 g/mol. The molecule has 1 unspecified atom stereocenters. The van der Waals surface area contributed by atoms with Gasteiger partial charge in [-0.05, 0) is 35.4 Å². The molecule has 6 rings (SSSR count). The highest BCUT2D eigenvalue weighted by Gasteiger charge is 2.48. The fourth-order valence-corrected chi connectivity index (χ4v) is 5.11. The van der Waals surface area contributed by atoms with E-state index in [1.807, 2.05) is 98.0 Å². The molecule has 5 nitrogen and oxygen atoms in total. The molecule has 5 aromatic rings. The first-order chi connectivity index (χ1) is 17.1. The monoisotopic (exact) mass is 458 g/mol. The summed E-state index contributed by atoms with van der Waals surface area (Å²) in [7, 11) is 0. The number of hydrogen-bond donors (Lipinski definition) is 2. The molecule has 1 saturated heterocycles. The number of carbonyl (C=O) groups is 2. The quantitative estimate of drug-likeness (QED) is 0.190. The van der Waals surface area contributed by atoms with Gasteiger partial charge in [-0.15, -0.1) is 0 Å². The molecule has 2 N–H and O–H groups in total. The molecule has 1 amide bonds. The van der Waals surface area contributed by atoms with Crippen molar-refractivity contribution in [1.82, 2.24) is 4.98 Å². The molecular formula is C30H22N2O3. The van der Waals surface area contributed by atoms with E-state index in [1.54, 1.807) is 6.07 Å². The Bertz CT molecular complexity index is 1670. The van der Waals surface area contributed by atoms with Crippen LogP contribution in [-0.2, 0) is 9.59 Å². The molecule has 35 heavy (non-hydrogen) atoms. The Kier molecular flexibility index (Phi) is 4.78. The molecule has 2 heterocycles. The van der Waals surface area contributed by atoms with Crippen LogP contribution in [0.15, 0.2) is 103 Å². The molecule has 0 saturated carbocycles. The van der Waals surface area contributed by atoms with E-state index in [-0.39, 0.29) is 11.3 Å². The average Bonchev–Trinajstić information content (AvgIpc) is 3.42. The number of hydrogen-bond acceptors (Lipinski definition) is 3. The summed E-state index contributed by atoms with van der Waals surface area (Å²) >= 11 is 0. The lowest BCUT2D eigenvalue weighted by Crippen LogP contribution is -2.30. The summed E-state index contributed by atoms with van der Waals surface area (Å²) < 4.78 is 0. The van der Waals surface area contributed by atoms with Gasteiger partial charge in [0, 0.05) is 33.9 Å². The van der Waals surface area contributed by atoms with E-state index < -0.39 is 17.7 Å². The van der Waals surface area contributed by atoms with Gasteiger partial charge in [0.1, 0.15) is 5.76 Å². The molecule has 5 heteroatoms. The van der Waals surface area contributed by atoms with Gasteiger partial charge in [-0.1, -0.05) is 78.9 Å². The molecule has 170 valence electrons. The van der Waals surface area contributed by atoms with Crippen molar-refractivity contribution in [1.29, 1.82) is 0 Å². The molecule has 1 atom stereocenters. The molecule has 4 aromatic carbocycles. The third kappa shape index (κ3) is 3.16. The topological polar surface area (TPSA) is 73.4 Å². The summed E-state index contributed by atoms with van der Waals surface area (Å²) in [5.74, 6) is -1.53. The zero-order chi connectivity index (χ0) is 24.1. The van der Waals surface area contributed by atoms with Gasteiger partial charge in [0.2, 0.25) is 0 Å². The minimum Gasteiger partial charge on any atom is -0.507 e. The molecule has 1 aromatic heterocycles. The molecule has 1 aliphatic rings. The maximum atomic E-state index is 13.6. The van der Waals surface area contributed by atoms with Crippen molar-refractivity contribution >= 4 is 44.8 Å². The van der Waals surface area contributed by atoms with Crippen LogP contribution in [-0.4, -0.2) is 21.8 Å². The molecular weight excluding hydrogens is 436 g/mol. The lowest BCUT2D eigenvalue weighted by atomic mass is 9.93. The van der Waals surface area contributed by atoms with Crippen LogP contribution in [0.1, 0.15) is 22.7 Å². The van der Waals surface area contributed by atoms with E-state index in [0.29, 0.717) is 11.3 Å². The number of nitrogens with zero attached hydrogens (tertiary/aromatic N) is 1. The van der Waals surface area contributed by atoms with E-state index in [0.717, 1.165) is 32.8 Å². The van der Waals surface area contributed by atoms with E-state index in [9.17, 15) is 14.7 Å². The number of aliphatic hydroxyl groups excluding tert-OH is 1. The largest absolute Gasteiger partial charge is 0.507 e. The number of nitrogens with one attached hydrogen (secondary N) is 1. The number of amides is 1. The van der Waals surface area contributed by atoms with Crippen molar-refractivity contribution in [2.75, 3.05) is 4.90 Å². The number of aryl methyl sites for hydroxylation is 1. The van der Waals surface area contributed by atoms with Gasteiger partial charge >= 0.3 is 0 Å². The molecule has 0 spiro atoms. The highest BCUT2D eigenvalue weighted by Crippen LogP contribution is 2.45. The molecule has 1 aliphatic heterocycles. The third-order valence-corrected chi connectivity index (χ3v) is 6.78. The number of para-hydroxylation sites is 2. The number of anilines is 1. The highest BCUT2D eigenvalue weighted by atomic mass is 16.3. The lowest BCUT2D eigenvalue weighted by Gasteiger charge is -2.26. The Balaban J connectivity index is 1.67. The second-order valence-corrected chi connectivity index (χ2v) is 8.77. The summed E-state index contributed by atoms with van der Waals surface area (Å²) in [4.78, 5) is 31.9. The molecule has 1 fully saturated rings. The van der Waals surface area contributed by atoms with E-state index in [1.165, 1.54) is 4.90 Å². The minimum atomic E-state index is -0.786. The Hall–Kier alpha value is -4.64. The van der Waals surface area contributed by atoms with Crippen LogP contribution in [0, 0.1) is 6.92 Å². The molecule has 0 radical (unpaired) electrons. The number of rotatable bonds is 3. The van der Waals surface area contributed by atoms with Crippen LogP contribution >= 0.6 is 0 Å². The Morgan fingerprint density at radius 1 is 0.829 bits per heavy atom. The second-order valence-electron chi connectivity index (χ2n) is 8.77. The number of benzene rings is 4. The number of H-pyrrole nitrogens is 1. The van der Waals surface area contributed by atoms with Crippen molar-refractivity contribution in [2.24, 2.45) is 0 Å². The Labute approximate surface area is 201 Å². The first-order valence-electron chi connectivity index (χ1n) is 11.5. The number of aromatic nitrogens is 1. The summed E-state index contributed by atoms with van der Waals surface area (Å²) in [5.41, 5.74) is 3.76. The zero-order valence-electron chi connectivity index (χ0n) is 19.0. The SMILES string of the molecule is Cc1ccccc1N1C(=O)C(=O)/C(=C(/O)c2cccc3ccccc23)C1c1c[nH]c2ccccc12. The number of ketones is 1. The number of Topliss-reactive ketones (excluding diaryl/α,β-unsaturated/α-hetero) is 1. The van der Waals surface area contributed by atoms with E-state index in [4.69, 9.17) is 0 Å². The number of carbonyl (C=O) groups excluding carboxylic acids is 2. The van der Waals surface area contributed by atoms with Gasteiger partial charge < -0.3 is 10.1 Å². The van der Waals surface area contributed by atoms with Crippen molar-refractivity contribution in [3.05, 3.63) is 119 Å². The maximum absolute atomic E-state index is 13.6. The van der Waals surface area contributed by atoms with Gasteiger partial charge in [0.25, 0.3) is 11.7 Å². The highest BCUT2D eigenvalue weighted by molar-refractivity contribution is 6.52. The van der Waals surface area contributed by atoms with Gasteiger partial charge in [0.05, 0.1) is 11.6 Å². The predicted molar refractivity (Wildman–Crippen MR) is 138 cm³/mol. The number of fused-ring (bicyclic) bond motifs is 2. The Morgan fingerprint density at radius 3 is 2.34 bits per heavy atom. The first kappa shape index (κ1) is 20.9. The zero-order valence-corrected chi connectivity index (χ0v) is 19.0. The van der Waals surface area contributed by atoms with E-state index >= 15 is 0 Å². The van der Waals surface area contributed by atoms with Gasteiger partial charge in [-0.3, -0.25) is 14.5 Å². The van der Waals surface area contributed by atoms with Crippen molar-refractivity contribution in [2.45, 2.75) is 13.0 Å². The fourth-order valence-electron chi connectivity index (χ4n) is 5.11. The predicted octanol–water partition coefficient (Wildman–Crippen LogP) is 6.26. The normalized spacial score (nSPS) is 17.5. The summed E-state index contributed by atoms with van der Waals surface area (Å²) in [6.07, 6.45) is 1.82. The second kappa shape index (κ2) is 7.99. The number of aliphatic hydroxyl groups is 1. The molecule has 0 bridgehead atoms. The van der Waals surface area contributed by atoms with Crippen LogP contribution in [0.5, 0.6) is 0 Å². The van der Waals surface area contributed by atoms with Crippen molar-refractivity contribution < 1.29 is 14.7 Å². The summed E-state index contributed by atoms with van der Waals surface area (Å²) in [6, 6.07) is 27.7. The Morgan fingerprint density at radius 2 is 1.51 bits per heavy atom. The summed E-state index contributed by atoms with van der Waals surface area (Å²) in [6.45, 7) is 1.91. The smallest absolute Gasteiger partial charge is 0.300 e. The lowest BCUT2D eigenvalue weighted by molar-refractivity contribution is -0.132. The van der Waals surface area contributed by atoms with Gasteiger partial charge in [0.15, 0.2) is 0 Å². The van der Waals surface area contributed by atoms with Crippen LogP contribution in [0.25, 0.3) is 27.4 Å². The summed E-state index contributed by atoms with van der Waals surface area (Å²) in [5, 5.41) is 14.3. The maximum Gasteiger partial charge on any atom is 0.300 e. The van der Waals surface area contributed by atoms with Gasteiger partial charge in [-0.25, -0.2) is 0 Å². The molecule has 0 aliphatic carbocycles. The van der Waals surface area contributed by atoms with Gasteiger partial charge in [-0.2, -0.15) is 0 Å². The van der Waals surface area contributed by atoms with E-state index in [2.05, 4.69) is 4.98 Å². The minimum absolute atomic E-state index is 0.0827. The number of aromatic amines is 1. The van der Waals surface area contributed by atoms with Crippen LogP contribution in [0.2, 0.25) is 0 Å². The van der Waals surface area contributed by atoms with Crippen LogP contribution in [0.3, 0.4) is 0 Å². The van der Waals surface area contributed by atoms with Crippen molar-refractivity contribution in [3.63, 3.8) is 0 Å². The first-order valence-corrected chi connectivity index (χ1v) is 11.5. The van der Waals surface area contributed by atoms with Crippen LogP contribution < -0.4 is 4.90 Å². The van der Waals surface area contributed by atoms with Crippen molar-refractivity contribution in [3.8, 4) is 0 Å².